The zero-order valence-electron chi connectivity index (χ0n) is 13.4. The third-order valence-corrected chi connectivity index (χ3v) is 3.08. The van der Waals surface area contributed by atoms with Crippen LogP contribution in [0.2, 0.25) is 0 Å². The number of guanidine groups is 1. The van der Waals surface area contributed by atoms with Crippen molar-refractivity contribution in [2.45, 2.75) is 13.5 Å². The second-order valence-electron chi connectivity index (χ2n) is 4.70. The highest BCUT2D eigenvalue weighted by Crippen LogP contribution is 2.14. The number of nitrogens with one attached hydrogen (secondary N) is 2. The fourth-order valence-electron chi connectivity index (χ4n) is 1.96. The number of hydrogen-bond acceptors (Lipinski definition) is 3. The van der Waals surface area contributed by atoms with E-state index in [9.17, 15) is 0 Å². The van der Waals surface area contributed by atoms with Crippen molar-refractivity contribution in [3.05, 3.63) is 42.2 Å². The van der Waals surface area contributed by atoms with Gasteiger partial charge >= 0.3 is 0 Å². The first kappa shape index (κ1) is 16.4. The lowest BCUT2D eigenvalue weighted by Crippen LogP contribution is -2.37. The second-order valence-corrected chi connectivity index (χ2v) is 4.70. The summed E-state index contributed by atoms with van der Waals surface area (Å²) < 4.78 is 6.97. The maximum Gasteiger partial charge on any atom is 0.192 e. The van der Waals surface area contributed by atoms with E-state index in [1.165, 1.54) is 0 Å². The maximum absolute atomic E-state index is 5.25. The van der Waals surface area contributed by atoms with E-state index in [1.807, 2.05) is 48.1 Å². The van der Waals surface area contributed by atoms with E-state index < -0.39 is 0 Å². The Balaban J connectivity index is 2.04. The lowest BCUT2D eigenvalue weighted by Gasteiger charge is -2.08. The van der Waals surface area contributed by atoms with Gasteiger partial charge in [0.05, 0.1) is 31.6 Å². The number of benzene rings is 1. The highest BCUT2D eigenvalue weighted by Gasteiger charge is 2.02. The van der Waals surface area contributed by atoms with Gasteiger partial charge in [0.2, 0.25) is 0 Å². The summed E-state index contributed by atoms with van der Waals surface area (Å²) in [5.41, 5.74) is 1.84. The van der Waals surface area contributed by atoms with E-state index in [4.69, 9.17) is 11.2 Å². The van der Waals surface area contributed by atoms with Crippen molar-refractivity contribution in [2.24, 2.45) is 4.99 Å². The normalized spacial score (nSPS) is 10.9. The lowest BCUT2D eigenvalue weighted by atomic mass is 10.3. The molecule has 6 nitrogen and oxygen atoms in total. The lowest BCUT2D eigenvalue weighted by molar-refractivity contribution is 0.414. The van der Waals surface area contributed by atoms with E-state index in [2.05, 4.69) is 26.6 Å². The molecule has 23 heavy (non-hydrogen) atoms. The Bertz CT molecular complexity index is 682. The molecule has 1 aromatic heterocycles. The molecule has 1 heterocycles. The van der Waals surface area contributed by atoms with Crippen LogP contribution >= 0.6 is 0 Å². The molecule has 0 aliphatic rings. The van der Waals surface area contributed by atoms with Crippen molar-refractivity contribution >= 4 is 5.96 Å². The van der Waals surface area contributed by atoms with Crippen LogP contribution < -0.4 is 15.4 Å². The molecule has 0 amide bonds. The number of ether oxygens (including phenoxy) is 1. The molecule has 0 radical (unpaired) electrons. The molecular weight excluding hydrogens is 290 g/mol. The van der Waals surface area contributed by atoms with Gasteiger partial charge in [0.15, 0.2) is 5.96 Å². The van der Waals surface area contributed by atoms with Crippen LogP contribution in [-0.4, -0.2) is 35.9 Å². The van der Waals surface area contributed by atoms with Crippen LogP contribution in [0.3, 0.4) is 0 Å². The Labute approximate surface area is 136 Å². The third-order valence-electron chi connectivity index (χ3n) is 3.08. The van der Waals surface area contributed by atoms with Crippen LogP contribution in [0.1, 0.15) is 12.6 Å². The van der Waals surface area contributed by atoms with Gasteiger partial charge in [-0.05, 0) is 37.3 Å². The predicted octanol–water partition coefficient (Wildman–Crippen LogP) is 1.57. The fraction of sp³-hybridized carbons (Fsp3) is 0.294. The number of terminal acetylenes is 1. The van der Waals surface area contributed by atoms with E-state index in [-0.39, 0.29) is 0 Å². The summed E-state index contributed by atoms with van der Waals surface area (Å²) in [5, 5.41) is 10.7. The topological polar surface area (TPSA) is 63.5 Å². The van der Waals surface area contributed by atoms with Crippen molar-refractivity contribution in [3.63, 3.8) is 0 Å². The molecule has 0 unspecified atom stereocenters. The Morgan fingerprint density at radius 2 is 2.09 bits per heavy atom. The number of aromatic nitrogens is 2. The number of nitrogens with zero attached hydrogens (tertiary/aromatic N) is 3. The molecule has 1 aromatic carbocycles. The van der Waals surface area contributed by atoms with Gasteiger partial charge in [-0.15, -0.1) is 6.42 Å². The molecule has 0 saturated carbocycles. The zero-order valence-corrected chi connectivity index (χ0v) is 13.4. The van der Waals surface area contributed by atoms with E-state index in [0.717, 1.165) is 23.7 Å². The van der Waals surface area contributed by atoms with Crippen LogP contribution in [0.4, 0.5) is 0 Å². The second kappa shape index (κ2) is 8.49. The minimum absolute atomic E-state index is 0.437. The molecule has 2 aromatic rings. The predicted molar refractivity (Wildman–Crippen MR) is 91.8 cm³/mol. The molecular formula is C17H21N5O. The molecule has 0 saturated heterocycles. The summed E-state index contributed by atoms with van der Waals surface area (Å²) in [6.45, 7) is 3.69. The number of hydrogen-bond donors (Lipinski definition) is 2. The van der Waals surface area contributed by atoms with Crippen molar-refractivity contribution < 1.29 is 4.74 Å². The third kappa shape index (κ3) is 4.78. The molecule has 2 N–H and O–H groups in total. The van der Waals surface area contributed by atoms with E-state index in [1.54, 1.807) is 7.11 Å². The molecule has 0 spiro atoms. The smallest absolute Gasteiger partial charge is 0.192 e. The van der Waals surface area contributed by atoms with E-state index in [0.29, 0.717) is 19.0 Å². The quantitative estimate of drug-likeness (QED) is 0.483. The first-order valence-corrected chi connectivity index (χ1v) is 7.41. The largest absolute Gasteiger partial charge is 0.497 e. The van der Waals surface area contributed by atoms with Gasteiger partial charge in [-0.2, -0.15) is 5.10 Å². The Morgan fingerprint density at radius 1 is 1.30 bits per heavy atom. The molecule has 0 aliphatic carbocycles. The maximum atomic E-state index is 5.25. The first-order valence-electron chi connectivity index (χ1n) is 7.41. The van der Waals surface area contributed by atoms with Crippen molar-refractivity contribution in [3.8, 4) is 23.8 Å². The van der Waals surface area contributed by atoms with Crippen LogP contribution in [0.5, 0.6) is 5.75 Å². The summed E-state index contributed by atoms with van der Waals surface area (Å²) in [6.07, 6.45) is 7.16. The van der Waals surface area contributed by atoms with Gasteiger partial charge in [-0.1, -0.05) is 5.92 Å². The summed E-state index contributed by atoms with van der Waals surface area (Å²) in [4.78, 5) is 4.46. The average molecular weight is 311 g/mol. The van der Waals surface area contributed by atoms with Gasteiger partial charge < -0.3 is 15.4 Å². The van der Waals surface area contributed by atoms with E-state index >= 15 is 0 Å². The summed E-state index contributed by atoms with van der Waals surface area (Å²) in [6, 6.07) is 9.66. The van der Waals surface area contributed by atoms with Crippen LogP contribution in [0.15, 0.2) is 41.5 Å². The molecule has 6 heteroatoms. The van der Waals surface area contributed by atoms with Gasteiger partial charge in [-0.3, -0.25) is 0 Å². The molecule has 120 valence electrons. The Kier molecular flexibility index (Phi) is 6.07. The molecule has 0 fully saturated rings. The highest BCUT2D eigenvalue weighted by molar-refractivity contribution is 5.79. The summed E-state index contributed by atoms with van der Waals surface area (Å²) >= 11 is 0. The van der Waals surface area contributed by atoms with Crippen LogP contribution in [0, 0.1) is 12.3 Å². The van der Waals surface area contributed by atoms with Crippen molar-refractivity contribution in [1.29, 1.82) is 0 Å². The molecule has 0 atom stereocenters. The highest BCUT2D eigenvalue weighted by atomic mass is 16.5. The summed E-state index contributed by atoms with van der Waals surface area (Å²) in [5.74, 6) is 4.03. The Morgan fingerprint density at radius 3 is 2.74 bits per heavy atom. The average Bonchev–Trinajstić information content (AvgIpc) is 3.06. The monoisotopic (exact) mass is 311 g/mol. The standard InChI is InChI=1S/C17H21N5O/c1-4-11-19-17(18-5-2)20-13-14-10-12-22(21-14)15-6-8-16(23-3)9-7-15/h1,6-10,12H,5,11,13H2,2-3H3,(H2,18,19,20). The van der Waals surface area contributed by atoms with Crippen LogP contribution in [-0.2, 0) is 6.54 Å². The minimum atomic E-state index is 0.437. The van der Waals surface area contributed by atoms with Crippen LogP contribution in [0.25, 0.3) is 5.69 Å². The number of aliphatic imine (C=N–C) groups is 1. The minimum Gasteiger partial charge on any atom is -0.497 e. The number of methoxy groups -OCH3 is 1. The SMILES string of the molecule is C#CCNC(=NCc1ccn(-c2ccc(OC)cc2)n1)NCC. The van der Waals surface area contributed by atoms with Gasteiger partial charge in [0.1, 0.15) is 5.75 Å². The van der Waals surface area contributed by atoms with Gasteiger partial charge in [-0.25, -0.2) is 9.67 Å². The molecule has 0 aliphatic heterocycles. The fourth-order valence-corrected chi connectivity index (χ4v) is 1.96. The molecule has 2 rings (SSSR count). The van der Waals surface area contributed by atoms with Crippen molar-refractivity contribution in [2.75, 3.05) is 20.2 Å². The van der Waals surface area contributed by atoms with Gasteiger partial charge in [0, 0.05) is 12.7 Å². The van der Waals surface area contributed by atoms with Gasteiger partial charge in [0.25, 0.3) is 0 Å². The molecule has 0 bridgehead atoms. The zero-order chi connectivity index (χ0) is 16.5. The Hall–Kier alpha value is -2.94. The summed E-state index contributed by atoms with van der Waals surface area (Å²) in [7, 11) is 1.65. The number of rotatable bonds is 6. The first-order chi connectivity index (χ1) is 11.3. The van der Waals surface area contributed by atoms with Crippen molar-refractivity contribution in [1.82, 2.24) is 20.4 Å².